The fraction of sp³-hybridized carbons (Fsp3) is 0.485. The minimum Gasteiger partial charge on any atom is -0.463 e. The molecule has 0 spiro atoms. The van der Waals surface area contributed by atoms with Crippen molar-refractivity contribution in [2.45, 2.75) is 66.3 Å². The Kier molecular flexibility index (Phi) is 9.64. The molecule has 0 saturated carbocycles. The van der Waals surface area contributed by atoms with Gasteiger partial charge in [-0.1, -0.05) is 36.6 Å². The molecular weight excluding hydrogens is 521 g/mol. The Labute approximate surface area is 243 Å². The lowest BCUT2D eigenvalue weighted by molar-refractivity contribution is -0.137. The Morgan fingerprint density at radius 3 is 2.63 bits per heavy atom. The van der Waals surface area contributed by atoms with Gasteiger partial charge in [0, 0.05) is 42.5 Å². The van der Waals surface area contributed by atoms with Crippen molar-refractivity contribution in [1.29, 1.82) is 0 Å². The molecule has 0 radical (unpaired) electrons. The van der Waals surface area contributed by atoms with Crippen LogP contribution in [0.5, 0.6) is 0 Å². The molecule has 0 aromatic heterocycles. The van der Waals surface area contributed by atoms with Gasteiger partial charge in [-0.25, -0.2) is 14.2 Å². The predicted octanol–water partition coefficient (Wildman–Crippen LogP) is 6.13. The fourth-order valence-electron chi connectivity index (χ4n) is 5.53. The number of halogens is 1. The zero-order valence-corrected chi connectivity index (χ0v) is 25.1. The van der Waals surface area contributed by atoms with Gasteiger partial charge >= 0.3 is 5.97 Å². The SMILES string of the molecule is CCOC(=O)/C=C/c1cccc(C(/C=C2/N=C(C(=O)N3CCCCCC3C)C=C(C3(C)COC3)N2C)=C(C)C)c1F. The second kappa shape index (κ2) is 13.0. The number of amides is 1. The number of carbonyl (C=O) groups is 2. The Hall–Kier alpha value is -3.52. The van der Waals surface area contributed by atoms with Crippen LogP contribution in [0.3, 0.4) is 0 Å². The maximum Gasteiger partial charge on any atom is 0.330 e. The smallest absolute Gasteiger partial charge is 0.330 e. The number of carbonyl (C=O) groups excluding carboxylic acids is 2. The van der Waals surface area contributed by atoms with Gasteiger partial charge in [0.05, 0.1) is 25.2 Å². The first-order valence-electron chi connectivity index (χ1n) is 14.5. The highest BCUT2D eigenvalue weighted by Gasteiger charge is 2.42. The molecule has 2 fully saturated rings. The third kappa shape index (κ3) is 6.70. The summed E-state index contributed by atoms with van der Waals surface area (Å²) in [6.45, 7) is 11.9. The van der Waals surface area contributed by atoms with Crippen LogP contribution in [0.2, 0.25) is 0 Å². The van der Waals surface area contributed by atoms with Gasteiger partial charge in [0.2, 0.25) is 0 Å². The molecule has 3 aliphatic rings. The second-order valence-corrected chi connectivity index (χ2v) is 11.5. The van der Waals surface area contributed by atoms with E-state index in [4.69, 9.17) is 14.5 Å². The minimum atomic E-state index is -0.524. The molecule has 0 N–H and O–H groups in total. The van der Waals surface area contributed by atoms with Gasteiger partial charge in [-0.05, 0) is 71.3 Å². The van der Waals surface area contributed by atoms with Crippen LogP contribution in [-0.4, -0.2) is 66.8 Å². The predicted molar refractivity (Wildman–Crippen MR) is 160 cm³/mol. The van der Waals surface area contributed by atoms with Crippen molar-refractivity contribution in [1.82, 2.24) is 9.80 Å². The summed E-state index contributed by atoms with van der Waals surface area (Å²) >= 11 is 0. The second-order valence-electron chi connectivity index (χ2n) is 11.5. The standard InChI is InChI=1S/C33H42FN3O4/c1-7-41-30(38)16-15-24-13-11-14-25(31(24)34)26(22(2)3)18-29-35-27(19-28(36(29)6)33(5)20-40-21-33)32(39)37-17-10-8-9-12-23(37)4/h11,13-16,18-19,23H,7-10,12,17,20-21H2,1-6H3/b16-15+,29-18-. The van der Waals surface area contributed by atoms with Gasteiger partial charge in [-0.15, -0.1) is 0 Å². The number of allylic oxidation sites excluding steroid dienone is 3. The van der Waals surface area contributed by atoms with E-state index in [0.29, 0.717) is 42.4 Å². The number of hydrogen-bond acceptors (Lipinski definition) is 6. The highest BCUT2D eigenvalue weighted by atomic mass is 19.1. The van der Waals surface area contributed by atoms with Gasteiger partial charge in [0.1, 0.15) is 17.3 Å². The van der Waals surface area contributed by atoms with Crippen LogP contribution in [0.25, 0.3) is 11.6 Å². The van der Waals surface area contributed by atoms with Crippen LogP contribution in [0.1, 0.15) is 71.4 Å². The number of likely N-dealkylation sites (tertiary alicyclic amines) is 1. The van der Waals surface area contributed by atoms with Crippen LogP contribution in [0.4, 0.5) is 4.39 Å². The maximum atomic E-state index is 15.8. The van der Waals surface area contributed by atoms with Crippen molar-refractivity contribution in [3.05, 3.63) is 70.5 Å². The molecule has 41 heavy (non-hydrogen) atoms. The molecular formula is C33H42FN3O4. The van der Waals surface area contributed by atoms with E-state index < -0.39 is 11.8 Å². The number of aliphatic imine (C=N–C) groups is 1. The van der Waals surface area contributed by atoms with E-state index in [1.54, 1.807) is 25.1 Å². The number of ether oxygens (including phenoxy) is 2. The van der Waals surface area contributed by atoms with Crippen LogP contribution in [0, 0.1) is 11.2 Å². The summed E-state index contributed by atoms with van der Waals surface area (Å²) in [5, 5.41) is 0. The normalized spacial score (nSPS) is 21.6. The summed E-state index contributed by atoms with van der Waals surface area (Å²) in [6, 6.07) is 5.23. The van der Waals surface area contributed by atoms with Crippen molar-refractivity contribution in [2.75, 3.05) is 33.4 Å². The largest absolute Gasteiger partial charge is 0.463 e. The lowest BCUT2D eigenvalue weighted by atomic mass is 9.82. The zero-order chi connectivity index (χ0) is 29.7. The van der Waals surface area contributed by atoms with Gasteiger partial charge < -0.3 is 19.3 Å². The van der Waals surface area contributed by atoms with E-state index in [2.05, 4.69) is 13.8 Å². The average Bonchev–Trinajstić information content (AvgIpc) is 3.14. The van der Waals surface area contributed by atoms with Crippen molar-refractivity contribution < 1.29 is 23.5 Å². The fourth-order valence-corrected chi connectivity index (χ4v) is 5.53. The van der Waals surface area contributed by atoms with Gasteiger partial charge in [-0.3, -0.25) is 4.79 Å². The van der Waals surface area contributed by atoms with Crippen molar-refractivity contribution in [3.63, 3.8) is 0 Å². The molecule has 1 atom stereocenters. The summed E-state index contributed by atoms with van der Waals surface area (Å²) in [7, 11) is 1.93. The van der Waals surface area contributed by atoms with E-state index >= 15 is 4.39 Å². The number of esters is 1. The Morgan fingerprint density at radius 1 is 1.22 bits per heavy atom. The lowest BCUT2D eigenvalue weighted by Crippen LogP contribution is -2.48. The molecule has 3 aliphatic heterocycles. The highest BCUT2D eigenvalue weighted by Crippen LogP contribution is 2.40. The first-order valence-corrected chi connectivity index (χ1v) is 14.5. The number of nitrogens with zero attached hydrogens (tertiary/aromatic N) is 3. The molecule has 1 aromatic carbocycles. The Bertz CT molecular complexity index is 1330. The van der Waals surface area contributed by atoms with Crippen LogP contribution < -0.4 is 0 Å². The van der Waals surface area contributed by atoms with Crippen molar-refractivity contribution in [3.8, 4) is 0 Å². The highest BCUT2D eigenvalue weighted by molar-refractivity contribution is 6.44. The molecule has 1 amide bonds. The van der Waals surface area contributed by atoms with Crippen LogP contribution >= 0.6 is 0 Å². The van der Waals surface area contributed by atoms with Gasteiger partial charge in [-0.2, -0.15) is 0 Å². The number of hydrogen-bond donors (Lipinski definition) is 0. The average molecular weight is 564 g/mol. The number of rotatable bonds is 7. The molecule has 3 heterocycles. The molecule has 220 valence electrons. The quantitative estimate of drug-likeness (QED) is 0.295. The number of benzene rings is 1. The molecule has 1 unspecified atom stereocenters. The molecule has 4 rings (SSSR count). The van der Waals surface area contributed by atoms with Crippen LogP contribution in [0.15, 0.2) is 58.5 Å². The summed E-state index contributed by atoms with van der Waals surface area (Å²) in [5.74, 6) is -0.489. The summed E-state index contributed by atoms with van der Waals surface area (Å²) in [4.78, 5) is 34.5. The van der Waals surface area contributed by atoms with Crippen molar-refractivity contribution >= 4 is 29.2 Å². The summed E-state index contributed by atoms with van der Waals surface area (Å²) in [6.07, 6.45) is 10.6. The molecule has 2 saturated heterocycles. The summed E-state index contributed by atoms with van der Waals surface area (Å²) < 4.78 is 26.3. The first-order chi connectivity index (χ1) is 19.6. The Balaban J connectivity index is 1.77. The lowest BCUT2D eigenvalue weighted by Gasteiger charge is -2.45. The van der Waals surface area contributed by atoms with Crippen LogP contribution in [-0.2, 0) is 19.1 Å². The van der Waals surface area contributed by atoms with Gasteiger partial charge in [0.15, 0.2) is 0 Å². The minimum absolute atomic E-state index is 0.0734. The summed E-state index contributed by atoms with van der Waals surface area (Å²) in [5.41, 5.74) is 3.30. The molecule has 0 bridgehead atoms. The third-order valence-electron chi connectivity index (χ3n) is 8.02. The molecule has 0 aliphatic carbocycles. The molecule has 1 aromatic rings. The zero-order valence-electron chi connectivity index (χ0n) is 25.1. The third-order valence-corrected chi connectivity index (χ3v) is 8.02. The molecule has 8 heteroatoms. The van der Waals surface area contributed by atoms with E-state index in [-0.39, 0.29) is 29.5 Å². The molecule has 7 nitrogen and oxygen atoms in total. The topological polar surface area (TPSA) is 71.4 Å². The van der Waals surface area contributed by atoms with E-state index in [1.165, 1.54) is 12.2 Å². The Morgan fingerprint density at radius 2 is 1.98 bits per heavy atom. The van der Waals surface area contributed by atoms with Crippen molar-refractivity contribution in [2.24, 2.45) is 10.4 Å². The monoisotopic (exact) mass is 563 g/mol. The van der Waals surface area contributed by atoms with E-state index in [1.807, 2.05) is 42.8 Å². The first kappa shape index (κ1) is 30.4. The van der Waals surface area contributed by atoms with E-state index in [9.17, 15) is 9.59 Å². The van der Waals surface area contributed by atoms with E-state index in [0.717, 1.165) is 37.0 Å². The maximum absolute atomic E-state index is 15.8. The van der Waals surface area contributed by atoms with Gasteiger partial charge in [0.25, 0.3) is 5.91 Å².